The second-order valence-corrected chi connectivity index (χ2v) is 5.86. The number of benzene rings is 1. The van der Waals surface area contributed by atoms with Crippen molar-refractivity contribution in [3.05, 3.63) is 29.6 Å². The standard InChI is InChI=1S/C15H17N3O2S/c16-11-6-4-10(5-7-11)12-9-21-15(17-12)18-14(19)13-3-1-2-8-20-13/h4-7,9,13H,1-3,8,16H2,(H,17,18,19). The first-order chi connectivity index (χ1) is 10.2. The van der Waals surface area contributed by atoms with Crippen LogP contribution >= 0.6 is 11.3 Å². The number of hydrogen-bond donors (Lipinski definition) is 2. The van der Waals surface area contributed by atoms with Crippen LogP contribution in [-0.2, 0) is 9.53 Å². The van der Waals surface area contributed by atoms with Crippen molar-refractivity contribution in [3.63, 3.8) is 0 Å². The second-order valence-electron chi connectivity index (χ2n) is 5.00. The third-order valence-electron chi connectivity index (χ3n) is 3.41. The monoisotopic (exact) mass is 303 g/mol. The molecule has 110 valence electrons. The van der Waals surface area contributed by atoms with E-state index in [4.69, 9.17) is 10.5 Å². The van der Waals surface area contributed by atoms with E-state index in [-0.39, 0.29) is 12.0 Å². The smallest absolute Gasteiger partial charge is 0.255 e. The predicted octanol–water partition coefficient (Wildman–Crippen LogP) is 2.90. The first-order valence-corrected chi connectivity index (χ1v) is 7.84. The van der Waals surface area contributed by atoms with Crippen molar-refractivity contribution in [1.82, 2.24) is 4.98 Å². The molecule has 1 aromatic carbocycles. The number of nitrogens with zero attached hydrogens (tertiary/aromatic N) is 1. The Morgan fingerprint density at radius 1 is 1.33 bits per heavy atom. The maximum Gasteiger partial charge on any atom is 0.255 e. The molecule has 1 aliphatic rings. The number of rotatable bonds is 3. The lowest BCUT2D eigenvalue weighted by Crippen LogP contribution is -2.33. The van der Waals surface area contributed by atoms with Crippen molar-refractivity contribution in [1.29, 1.82) is 0 Å². The number of carbonyl (C=O) groups is 1. The zero-order valence-electron chi connectivity index (χ0n) is 11.5. The molecule has 0 spiro atoms. The summed E-state index contributed by atoms with van der Waals surface area (Å²) >= 11 is 1.41. The number of anilines is 2. The number of hydrogen-bond acceptors (Lipinski definition) is 5. The second kappa shape index (κ2) is 6.24. The van der Waals surface area contributed by atoms with Crippen LogP contribution in [0.4, 0.5) is 10.8 Å². The summed E-state index contributed by atoms with van der Waals surface area (Å²) in [4.78, 5) is 16.5. The summed E-state index contributed by atoms with van der Waals surface area (Å²) in [5.41, 5.74) is 8.20. The van der Waals surface area contributed by atoms with E-state index < -0.39 is 0 Å². The van der Waals surface area contributed by atoms with Gasteiger partial charge in [0.15, 0.2) is 5.13 Å². The van der Waals surface area contributed by atoms with Crippen LogP contribution in [-0.4, -0.2) is 23.6 Å². The molecule has 0 radical (unpaired) electrons. The lowest BCUT2D eigenvalue weighted by atomic mass is 10.1. The van der Waals surface area contributed by atoms with Gasteiger partial charge < -0.3 is 10.5 Å². The third kappa shape index (κ3) is 3.40. The number of nitrogens with two attached hydrogens (primary N) is 1. The maximum absolute atomic E-state index is 12.1. The van der Waals surface area contributed by atoms with Gasteiger partial charge in [0, 0.05) is 23.2 Å². The lowest BCUT2D eigenvalue weighted by Gasteiger charge is -2.20. The number of carbonyl (C=O) groups excluding carboxylic acids is 1. The van der Waals surface area contributed by atoms with Gasteiger partial charge in [-0.25, -0.2) is 4.98 Å². The van der Waals surface area contributed by atoms with Crippen LogP contribution < -0.4 is 11.1 Å². The first-order valence-electron chi connectivity index (χ1n) is 6.96. The summed E-state index contributed by atoms with van der Waals surface area (Å²) in [5, 5.41) is 5.35. The molecule has 5 nitrogen and oxygen atoms in total. The average molecular weight is 303 g/mol. The van der Waals surface area contributed by atoms with E-state index in [0.717, 1.165) is 36.2 Å². The fourth-order valence-electron chi connectivity index (χ4n) is 2.25. The van der Waals surface area contributed by atoms with E-state index in [1.54, 1.807) is 0 Å². The number of nitrogens with one attached hydrogen (secondary N) is 1. The minimum atomic E-state index is -0.345. The van der Waals surface area contributed by atoms with Crippen molar-refractivity contribution in [3.8, 4) is 11.3 Å². The average Bonchev–Trinajstić information content (AvgIpc) is 2.97. The third-order valence-corrected chi connectivity index (χ3v) is 4.17. The molecule has 0 saturated carbocycles. The molecule has 1 saturated heterocycles. The molecule has 1 fully saturated rings. The summed E-state index contributed by atoms with van der Waals surface area (Å²) in [6, 6.07) is 7.51. The number of ether oxygens (including phenoxy) is 1. The molecule has 0 aliphatic carbocycles. The molecule has 3 N–H and O–H groups in total. The van der Waals surface area contributed by atoms with Crippen LogP contribution in [0, 0.1) is 0 Å². The largest absolute Gasteiger partial charge is 0.399 e. The van der Waals surface area contributed by atoms with Crippen molar-refractivity contribution >= 4 is 28.1 Å². The summed E-state index contributed by atoms with van der Waals surface area (Å²) in [5.74, 6) is -0.104. The van der Waals surface area contributed by atoms with Crippen molar-refractivity contribution < 1.29 is 9.53 Å². The van der Waals surface area contributed by atoms with Crippen LogP contribution in [0.3, 0.4) is 0 Å². The Morgan fingerprint density at radius 3 is 2.86 bits per heavy atom. The normalized spacial score (nSPS) is 18.4. The Morgan fingerprint density at radius 2 is 2.14 bits per heavy atom. The molecule has 1 atom stereocenters. The molecular formula is C15H17N3O2S. The number of amides is 1. The minimum Gasteiger partial charge on any atom is -0.399 e. The summed E-state index contributed by atoms with van der Waals surface area (Å²) in [6.45, 7) is 0.659. The molecule has 1 amide bonds. The molecule has 6 heteroatoms. The van der Waals surface area contributed by atoms with Gasteiger partial charge in [-0.05, 0) is 31.4 Å². The summed E-state index contributed by atoms with van der Waals surface area (Å²) < 4.78 is 5.47. The Bertz CT molecular complexity index is 618. The topological polar surface area (TPSA) is 77.2 Å². The van der Waals surface area contributed by atoms with Gasteiger partial charge in [0.05, 0.1) is 5.69 Å². The Kier molecular flexibility index (Phi) is 4.17. The van der Waals surface area contributed by atoms with Crippen LogP contribution in [0.1, 0.15) is 19.3 Å². The SMILES string of the molecule is Nc1ccc(-c2csc(NC(=O)C3CCCCO3)n2)cc1. The number of aromatic nitrogens is 1. The Labute approximate surface area is 127 Å². The highest BCUT2D eigenvalue weighted by molar-refractivity contribution is 7.14. The molecule has 1 aromatic heterocycles. The van der Waals surface area contributed by atoms with Crippen molar-refractivity contribution in [2.45, 2.75) is 25.4 Å². The minimum absolute atomic E-state index is 0.104. The molecule has 2 heterocycles. The Balaban J connectivity index is 1.67. The highest BCUT2D eigenvalue weighted by Gasteiger charge is 2.22. The fraction of sp³-hybridized carbons (Fsp3) is 0.333. The maximum atomic E-state index is 12.1. The van der Waals surface area contributed by atoms with Gasteiger partial charge >= 0.3 is 0 Å². The van der Waals surface area contributed by atoms with E-state index in [0.29, 0.717) is 11.7 Å². The van der Waals surface area contributed by atoms with Gasteiger partial charge in [0.1, 0.15) is 6.10 Å². The van der Waals surface area contributed by atoms with Gasteiger partial charge in [-0.1, -0.05) is 12.1 Å². The molecule has 3 rings (SSSR count). The van der Waals surface area contributed by atoms with E-state index in [2.05, 4.69) is 10.3 Å². The molecule has 2 aromatic rings. The molecule has 1 aliphatic heterocycles. The van der Waals surface area contributed by atoms with Gasteiger partial charge in [-0.15, -0.1) is 11.3 Å². The number of thiazole rings is 1. The summed E-state index contributed by atoms with van der Waals surface area (Å²) in [7, 11) is 0. The molecular weight excluding hydrogens is 286 g/mol. The quantitative estimate of drug-likeness (QED) is 0.855. The first kappa shape index (κ1) is 14.0. The van der Waals surface area contributed by atoms with Crippen LogP contribution in [0.25, 0.3) is 11.3 Å². The van der Waals surface area contributed by atoms with E-state index >= 15 is 0 Å². The Hall–Kier alpha value is -1.92. The summed E-state index contributed by atoms with van der Waals surface area (Å²) in [6.07, 6.45) is 2.50. The van der Waals surface area contributed by atoms with Crippen LogP contribution in [0.15, 0.2) is 29.6 Å². The van der Waals surface area contributed by atoms with Crippen molar-refractivity contribution in [2.24, 2.45) is 0 Å². The zero-order valence-corrected chi connectivity index (χ0v) is 12.4. The number of nitrogen functional groups attached to an aromatic ring is 1. The lowest BCUT2D eigenvalue weighted by molar-refractivity contribution is -0.129. The molecule has 1 unspecified atom stereocenters. The van der Waals surface area contributed by atoms with E-state index in [1.165, 1.54) is 11.3 Å². The molecule has 0 bridgehead atoms. The van der Waals surface area contributed by atoms with Gasteiger partial charge in [-0.3, -0.25) is 10.1 Å². The van der Waals surface area contributed by atoms with Crippen LogP contribution in [0.5, 0.6) is 0 Å². The fourth-order valence-corrected chi connectivity index (χ4v) is 2.97. The zero-order chi connectivity index (χ0) is 14.7. The molecule has 21 heavy (non-hydrogen) atoms. The van der Waals surface area contributed by atoms with Gasteiger partial charge in [0.25, 0.3) is 5.91 Å². The van der Waals surface area contributed by atoms with E-state index in [1.807, 2.05) is 29.6 Å². The highest BCUT2D eigenvalue weighted by Crippen LogP contribution is 2.26. The van der Waals surface area contributed by atoms with Crippen LogP contribution in [0.2, 0.25) is 0 Å². The van der Waals surface area contributed by atoms with Crippen molar-refractivity contribution in [2.75, 3.05) is 17.7 Å². The predicted molar refractivity (Wildman–Crippen MR) is 84.2 cm³/mol. The van der Waals surface area contributed by atoms with E-state index in [9.17, 15) is 4.79 Å². The highest BCUT2D eigenvalue weighted by atomic mass is 32.1. The van der Waals surface area contributed by atoms with Gasteiger partial charge in [0.2, 0.25) is 0 Å². The van der Waals surface area contributed by atoms with Gasteiger partial charge in [-0.2, -0.15) is 0 Å².